The van der Waals surface area contributed by atoms with Crippen molar-refractivity contribution in [2.24, 2.45) is 41.4 Å². The predicted octanol–water partition coefficient (Wildman–Crippen LogP) is 12.6. The van der Waals surface area contributed by atoms with Crippen molar-refractivity contribution in [1.82, 2.24) is 9.97 Å². The van der Waals surface area contributed by atoms with E-state index in [0.29, 0.717) is 35.5 Å². The Morgan fingerprint density at radius 2 is 1.42 bits per heavy atom. The zero-order valence-electron chi connectivity index (χ0n) is 32.1. The number of carbonyl (C=O) groups excluding carboxylic acids is 1. The monoisotopic (exact) mass is 870 g/mol. The molecule has 0 aliphatic carbocycles. The molecular formula is C44H57IrN2O2S-. The van der Waals surface area contributed by atoms with Gasteiger partial charge in [0.2, 0.25) is 0 Å². The van der Waals surface area contributed by atoms with Gasteiger partial charge in [0, 0.05) is 58.5 Å². The van der Waals surface area contributed by atoms with Crippen LogP contribution in [0, 0.1) is 47.5 Å². The number of ketones is 1. The molecule has 0 atom stereocenters. The van der Waals surface area contributed by atoms with Crippen molar-refractivity contribution in [3.63, 3.8) is 0 Å². The van der Waals surface area contributed by atoms with Crippen LogP contribution in [0.2, 0.25) is 0 Å². The van der Waals surface area contributed by atoms with E-state index in [-0.39, 0.29) is 43.5 Å². The topological polar surface area (TPSA) is 63.1 Å². The number of hydrogen-bond donors (Lipinski definition) is 1. The number of aliphatic hydroxyl groups excluding tert-OH is 1. The molecule has 0 spiro atoms. The molecule has 4 nitrogen and oxygen atoms in total. The number of aromatic nitrogens is 2. The van der Waals surface area contributed by atoms with Crippen LogP contribution >= 0.6 is 11.3 Å². The van der Waals surface area contributed by atoms with Gasteiger partial charge in [-0.05, 0) is 53.6 Å². The quantitative estimate of drug-likeness (QED) is 0.0816. The van der Waals surface area contributed by atoms with Crippen LogP contribution in [0.1, 0.15) is 100 Å². The Hall–Kier alpha value is -2.92. The van der Waals surface area contributed by atoms with Gasteiger partial charge in [-0.25, -0.2) is 4.98 Å². The second-order valence-electron chi connectivity index (χ2n) is 15.8. The summed E-state index contributed by atoms with van der Waals surface area (Å²) in [4.78, 5) is 21.7. The van der Waals surface area contributed by atoms with E-state index in [0.717, 1.165) is 33.3 Å². The molecule has 0 unspecified atom stereocenters. The summed E-state index contributed by atoms with van der Waals surface area (Å²) in [7, 11) is 0. The number of rotatable bonds is 11. The Morgan fingerprint density at radius 1 is 0.800 bits per heavy atom. The number of thiophene rings is 1. The van der Waals surface area contributed by atoms with Crippen molar-refractivity contribution in [3.8, 4) is 11.3 Å². The van der Waals surface area contributed by atoms with Crippen LogP contribution in [0.3, 0.4) is 0 Å². The molecule has 0 bridgehead atoms. The third-order valence-electron chi connectivity index (χ3n) is 9.48. The number of benzene rings is 3. The van der Waals surface area contributed by atoms with Crippen molar-refractivity contribution in [3.05, 3.63) is 83.9 Å². The van der Waals surface area contributed by atoms with E-state index in [2.05, 4.69) is 143 Å². The van der Waals surface area contributed by atoms with Crippen molar-refractivity contribution in [2.75, 3.05) is 0 Å². The summed E-state index contributed by atoms with van der Waals surface area (Å²) in [5.74, 6) is 2.71. The fourth-order valence-corrected chi connectivity index (χ4v) is 8.71. The number of nitrogens with zero attached hydrogens (tertiary/aromatic N) is 2. The molecule has 3 aromatic carbocycles. The first-order valence-electron chi connectivity index (χ1n) is 18.2. The van der Waals surface area contributed by atoms with Gasteiger partial charge in [-0.2, -0.15) is 0 Å². The molecule has 0 saturated heterocycles. The minimum Gasteiger partial charge on any atom is -0.512 e. The summed E-state index contributed by atoms with van der Waals surface area (Å²) >= 11 is 1.80. The van der Waals surface area contributed by atoms with Crippen LogP contribution < -0.4 is 0 Å². The van der Waals surface area contributed by atoms with Gasteiger partial charge < -0.3 is 5.11 Å². The number of allylic oxidation sites excluding steroid dienone is 2. The first-order valence-corrected chi connectivity index (χ1v) is 19.0. The molecule has 0 saturated carbocycles. The minimum atomic E-state index is -0.0119. The van der Waals surface area contributed by atoms with E-state index in [9.17, 15) is 9.90 Å². The standard InChI is InChI=1S/C27H25N2S.C17H32O2.Ir/c1-16(2)11-18-9-10-22-24(12-18)30-27-25(28-15-29-26(22)27)20-13-19-7-5-6-8-21(19)23(14-20)17(3)4;1-10(2)16(11(3)4)14(18)9-15(19)17(12(5)6)13(7)8;/h5-10,12,14-17H,11H2,1-4H3;9-13,16-18H,1-8H3;/q-1;;/b;14-9-;. The maximum absolute atomic E-state index is 12.3. The van der Waals surface area contributed by atoms with E-state index >= 15 is 0 Å². The average molecular weight is 870 g/mol. The van der Waals surface area contributed by atoms with Gasteiger partial charge >= 0.3 is 0 Å². The Labute approximate surface area is 318 Å². The van der Waals surface area contributed by atoms with Crippen molar-refractivity contribution in [2.45, 2.75) is 95.4 Å². The van der Waals surface area contributed by atoms with Crippen molar-refractivity contribution >= 4 is 48.2 Å². The SMILES string of the molecule is CC(C)C(C(=O)/C=C(\O)C(C(C)C)C(C)C)C(C)C.CC(C)Cc1ccc2c(c1)sc1c(-c3[c-]c4ccccc4c(C(C)C)c3)ncnc12.[Ir]. The molecule has 50 heavy (non-hydrogen) atoms. The van der Waals surface area contributed by atoms with Gasteiger partial charge in [0.15, 0.2) is 5.78 Å². The molecule has 271 valence electrons. The predicted molar refractivity (Wildman–Crippen MR) is 211 cm³/mol. The first kappa shape index (κ1) is 41.5. The third kappa shape index (κ3) is 9.69. The fourth-order valence-electron chi connectivity index (χ4n) is 7.49. The average Bonchev–Trinajstić information content (AvgIpc) is 3.37. The first-order chi connectivity index (χ1) is 23.1. The van der Waals surface area contributed by atoms with Crippen molar-refractivity contribution in [1.29, 1.82) is 0 Å². The fraction of sp³-hybridized carbons (Fsp3) is 0.477. The van der Waals surface area contributed by atoms with E-state index in [1.54, 1.807) is 17.7 Å². The van der Waals surface area contributed by atoms with Gasteiger partial charge in [0.1, 0.15) is 6.33 Å². The smallest absolute Gasteiger partial charge is 0.162 e. The third-order valence-corrected chi connectivity index (χ3v) is 10.6. The number of hydrogen-bond acceptors (Lipinski definition) is 5. The molecule has 0 amide bonds. The second-order valence-corrected chi connectivity index (χ2v) is 16.8. The summed E-state index contributed by atoms with van der Waals surface area (Å²) in [6.45, 7) is 25.6. The molecule has 2 heterocycles. The summed E-state index contributed by atoms with van der Waals surface area (Å²) in [5, 5.41) is 13.9. The molecule has 6 heteroatoms. The van der Waals surface area contributed by atoms with Gasteiger partial charge in [-0.1, -0.05) is 124 Å². The van der Waals surface area contributed by atoms with Crippen LogP contribution in [0.15, 0.2) is 66.7 Å². The number of fused-ring (bicyclic) bond motifs is 4. The molecule has 5 rings (SSSR count). The largest absolute Gasteiger partial charge is 0.512 e. The Balaban J connectivity index is 0.000000296. The van der Waals surface area contributed by atoms with Gasteiger partial charge in [-0.3, -0.25) is 9.78 Å². The molecule has 1 N–H and O–H groups in total. The summed E-state index contributed by atoms with van der Waals surface area (Å²) < 4.78 is 2.44. The van der Waals surface area contributed by atoms with Crippen LogP contribution in [0.25, 0.3) is 42.3 Å². The van der Waals surface area contributed by atoms with Crippen LogP contribution in [0.4, 0.5) is 0 Å². The van der Waals surface area contributed by atoms with E-state index in [4.69, 9.17) is 4.98 Å². The Kier molecular flexibility index (Phi) is 15.0. The molecular weight excluding hydrogens is 813 g/mol. The molecule has 1 radical (unpaired) electrons. The maximum atomic E-state index is 12.3. The van der Waals surface area contributed by atoms with E-state index in [1.807, 2.05) is 0 Å². The van der Waals surface area contributed by atoms with E-state index < -0.39 is 0 Å². The summed E-state index contributed by atoms with van der Waals surface area (Å²) in [5.41, 5.74) is 5.81. The van der Waals surface area contributed by atoms with Crippen LogP contribution in [0.5, 0.6) is 0 Å². The van der Waals surface area contributed by atoms with Gasteiger partial charge in [0.05, 0.1) is 11.3 Å². The number of aliphatic hydroxyl groups is 1. The Morgan fingerprint density at radius 3 is 2.00 bits per heavy atom. The molecule has 5 aromatic rings. The second kappa shape index (κ2) is 18.0. The minimum absolute atomic E-state index is 0. The molecule has 0 fully saturated rings. The van der Waals surface area contributed by atoms with Crippen LogP contribution in [-0.2, 0) is 31.3 Å². The number of carbonyl (C=O) groups is 1. The molecule has 2 aromatic heterocycles. The summed E-state index contributed by atoms with van der Waals surface area (Å²) in [6.07, 6.45) is 4.28. The van der Waals surface area contributed by atoms with Crippen molar-refractivity contribution < 1.29 is 30.0 Å². The van der Waals surface area contributed by atoms with Gasteiger partial charge in [-0.15, -0.1) is 40.5 Å². The normalized spacial score (nSPS) is 12.4. The van der Waals surface area contributed by atoms with Gasteiger partial charge in [0.25, 0.3) is 0 Å². The maximum Gasteiger partial charge on any atom is 0.162 e. The zero-order chi connectivity index (χ0) is 36.2. The van der Waals surface area contributed by atoms with Crippen LogP contribution in [-0.4, -0.2) is 20.9 Å². The molecule has 0 aliphatic rings. The Bertz CT molecular complexity index is 1900. The zero-order valence-corrected chi connectivity index (χ0v) is 35.3. The summed E-state index contributed by atoms with van der Waals surface area (Å²) in [6, 6.07) is 21.2. The van der Waals surface area contributed by atoms with E-state index in [1.165, 1.54) is 32.7 Å². The molecule has 0 aliphatic heterocycles.